The molecule has 0 aromatic carbocycles. The number of nitrogens with zero attached hydrogens (tertiary/aromatic N) is 1. The zero-order chi connectivity index (χ0) is 11.9. The molecular weight excluding hydrogens is 234 g/mol. The number of thiazole rings is 1. The molecule has 1 aliphatic rings. The van der Waals surface area contributed by atoms with Gasteiger partial charge in [0.2, 0.25) is 5.91 Å². The first-order chi connectivity index (χ1) is 8.34. The molecule has 1 atom stereocenters. The van der Waals surface area contributed by atoms with Crippen molar-refractivity contribution in [2.24, 2.45) is 5.92 Å². The van der Waals surface area contributed by atoms with E-state index in [9.17, 15) is 4.79 Å². The summed E-state index contributed by atoms with van der Waals surface area (Å²) < 4.78 is 0. The average Bonchev–Trinajstić information content (AvgIpc) is 2.88. The molecule has 2 rings (SSSR count). The molecule has 2 heterocycles. The number of rotatable bonds is 5. The lowest BCUT2D eigenvalue weighted by molar-refractivity contribution is -0.121. The van der Waals surface area contributed by atoms with Gasteiger partial charge in [-0.15, -0.1) is 11.3 Å². The predicted octanol–water partition coefficient (Wildman–Crippen LogP) is 1.54. The summed E-state index contributed by atoms with van der Waals surface area (Å²) in [7, 11) is 0. The number of amides is 1. The van der Waals surface area contributed by atoms with Crippen LogP contribution in [-0.2, 0) is 11.3 Å². The summed E-state index contributed by atoms with van der Waals surface area (Å²) >= 11 is 1.56. The van der Waals surface area contributed by atoms with E-state index in [4.69, 9.17) is 0 Å². The third-order valence-corrected chi connectivity index (χ3v) is 3.76. The first kappa shape index (κ1) is 12.5. The molecule has 0 aliphatic carbocycles. The van der Waals surface area contributed by atoms with Crippen LogP contribution in [0.5, 0.6) is 0 Å². The van der Waals surface area contributed by atoms with Gasteiger partial charge >= 0.3 is 0 Å². The summed E-state index contributed by atoms with van der Waals surface area (Å²) in [5.74, 6) is 0.817. The van der Waals surface area contributed by atoms with Crippen molar-refractivity contribution >= 4 is 17.2 Å². The van der Waals surface area contributed by atoms with Gasteiger partial charge in [-0.2, -0.15) is 0 Å². The van der Waals surface area contributed by atoms with Gasteiger partial charge in [0.25, 0.3) is 0 Å². The van der Waals surface area contributed by atoms with Crippen LogP contribution in [0, 0.1) is 5.92 Å². The Hall–Kier alpha value is -0.940. The highest BCUT2D eigenvalue weighted by Crippen LogP contribution is 2.15. The Balaban J connectivity index is 1.60. The van der Waals surface area contributed by atoms with Gasteiger partial charge in [0.05, 0.1) is 17.7 Å². The van der Waals surface area contributed by atoms with Crippen LogP contribution in [-0.4, -0.2) is 24.0 Å². The van der Waals surface area contributed by atoms with Crippen LogP contribution in [0.15, 0.2) is 10.9 Å². The fraction of sp³-hybridized carbons (Fsp3) is 0.667. The monoisotopic (exact) mass is 253 g/mol. The topological polar surface area (TPSA) is 54.0 Å². The Morgan fingerprint density at radius 3 is 3.29 bits per heavy atom. The van der Waals surface area contributed by atoms with E-state index in [0.717, 1.165) is 25.2 Å². The molecule has 1 saturated heterocycles. The maximum atomic E-state index is 11.6. The lowest BCUT2D eigenvalue weighted by Crippen LogP contribution is -2.31. The molecule has 0 saturated carbocycles. The van der Waals surface area contributed by atoms with Crippen molar-refractivity contribution in [3.05, 3.63) is 16.6 Å². The minimum atomic E-state index is 0.142. The first-order valence-electron chi connectivity index (χ1n) is 6.19. The maximum Gasteiger partial charge on any atom is 0.220 e. The molecule has 1 aliphatic heterocycles. The van der Waals surface area contributed by atoms with Crippen LogP contribution in [0.1, 0.15) is 31.4 Å². The van der Waals surface area contributed by atoms with Crippen molar-refractivity contribution in [2.75, 3.05) is 13.1 Å². The largest absolute Gasteiger partial charge is 0.350 e. The molecule has 1 amide bonds. The molecule has 0 radical (unpaired) electrons. The van der Waals surface area contributed by atoms with E-state index in [0.29, 0.717) is 18.9 Å². The van der Waals surface area contributed by atoms with Crippen LogP contribution in [0.25, 0.3) is 0 Å². The van der Waals surface area contributed by atoms with E-state index in [1.165, 1.54) is 12.8 Å². The van der Waals surface area contributed by atoms with Crippen molar-refractivity contribution in [2.45, 2.75) is 32.2 Å². The number of carbonyl (C=O) groups is 1. The van der Waals surface area contributed by atoms with E-state index in [1.54, 1.807) is 16.8 Å². The Morgan fingerprint density at radius 2 is 2.59 bits per heavy atom. The Morgan fingerprint density at radius 1 is 1.65 bits per heavy atom. The highest BCUT2D eigenvalue weighted by atomic mass is 32.1. The van der Waals surface area contributed by atoms with Crippen LogP contribution in [0.4, 0.5) is 0 Å². The standard InChI is InChI=1S/C12H19N3OS/c16-12(14-7-11-8-17-9-15-11)4-3-10-2-1-5-13-6-10/h8-10,13H,1-7H2,(H,14,16). The second kappa shape index (κ2) is 6.71. The molecule has 94 valence electrons. The van der Waals surface area contributed by atoms with Gasteiger partial charge < -0.3 is 10.6 Å². The molecule has 5 heteroatoms. The Labute approximate surface area is 106 Å². The summed E-state index contributed by atoms with van der Waals surface area (Å²) in [4.78, 5) is 15.8. The molecule has 1 aromatic heterocycles. The molecule has 1 unspecified atom stereocenters. The third kappa shape index (κ3) is 4.44. The number of nitrogens with one attached hydrogen (secondary N) is 2. The van der Waals surface area contributed by atoms with E-state index in [1.807, 2.05) is 5.38 Å². The van der Waals surface area contributed by atoms with Crippen LogP contribution < -0.4 is 10.6 Å². The predicted molar refractivity (Wildman–Crippen MR) is 68.8 cm³/mol. The summed E-state index contributed by atoms with van der Waals surface area (Å²) in [6.45, 7) is 2.76. The van der Waals surface area contributed by atoms with Gasteiger partial charge in [0.15, 0.2) is 0 Å². The lowest BCUT2D eigenvalue weighted by atomic mass is 9.94. The Kier molecular flexibility index (Phi) is 4.94. The molecular formula is C12H19N3OS. The van der Waals surface area contributed by atoms with Crippen molar-refractivity contribution in [1.82, 2.24) is 15.6 Å². The number of hydrogen-bond acceptors (Lipinski definition) is 4. The molecule has 1 fully saturated rings. The van der Waals surface area contributed by atoms with Crippen molar-refractivity contribution < 1.29 is 4.79 Å². The van der Waals surface area contributed by atoms with Gasteiger partial charge in [-0.05, 0) is 38.3 Å². The maximum absolute atomic E-state index is 11.6. The van der Waals surface area contributed by atoms with Crippen molar-refractivity contribution in [3.63, 3.8) is 0 Å². The van der Waals surface area contributed by atoms with E-state index in [2.05, 4.69) is 15.6 Å². The molecule has 2 N–H and O–H groups in total. The minimum absolute atomic E-state index is 0.142. The normalized spacial score (nSPS) is 20.1. The lowest BCUT2D eigenvalue weighted by Gasteiger charge is -2.22. The number of aromatic nitrogens is 1. The van der Waals surface area contributed by atoms with Gasteiger partial charge in [0.1, 0.15) is 0 Å². The van der Waals surface area contributed by atoms with Gasteiger partial charge in [0, 0.05) is 11.8 Å². The van der Waals surface area contributed by atoms with E-state index in [-0.39, 0.29) is 5.91 Å². The van der Waals surface area contributed by atoms with Gasteiger partial charge in [-0.1, -0.05) is 0 Å². The molecule has 17 heavy (non-hydrogen) atoms. The minimum Gasteiger partial charge on any atom is -0.350 e. The van der Waals surface area contributed by atoms with Gasteiger partial charge in [-0.3, -0.25) is 4.79 Å². The number of hydrogen-bond donors (Lipinski definition) is 2. The highest BCUT2D eigenvalue weighted by molar-refractivity contribution is 7.07. The van der Waals surface area contributed by atoms with Crippen LogP contribution >= 0.6 is 11.3 Å². The quantitative estimate of drug-likeness (QED) is 0.837. The van der Waals surface area contributed by atoms with E-state index >= 15 is 0 Å². The van der Waals surface area contributed by atoms with E-state index < -0.39 is 0 Å². The summed E-state index contributed by atoms with van der Waals surface area (Å²) in [6.07, 6.45) is 4.13. The zero-order valence-electron chi connectivity index (χ0n) is 9.95. The second-order valence-corrected chi connectivity index (χ2v) is 5.23. The number of piperidine rings is 1. The van der Waals surface area contributed by atoms with Gasteiger partial charge in [-0.25, -0.2) is 4.98 Å². The summed E-state index contributed by atoms with van der Waals surface area (Å²) in [6, 6.07) is 0. The van der Waals surface area contributed by atoms with Crippen molar-refractivity contribution in [1.29, 1.82) is 0 Å². The summed E-state index contributed by atoms with van der Waals surface area (Å²) in [5.41, 5.74) is 2.73. The molecule has 0 bridgehead atoms. The smallest absolute Gasteiger partial charge is 0.220 e. The van der Waals surface area contributed by atoms with Crippen molar-refractivity contribution in [3.8, 4) is 0 Å². The zero-order valence-corrected chi connectivity index (χ0v) is 10.8. The fourth-order valence-corrected chi connectivity index (χ4v) is 2.67. The average molecular weight is 253 g/mol. The summed E-state index contributed by atoms with van der Waals surface area (Å²) in [5, 5.41) is 8.25. The molecule has 1 aromatic rings. The first-order valence-corrected chi connectivity index (χ1v) is 7.13. The van der Waals surface area contributed by atoms with Crippen LogP contribution in [0.3, 0.4) is 0 Å². The molecule has 4 nitrogen and oxygen atoms in total. The SMILES string of the molecule is O=C(CCC1CCCNC1)NCc1cscn1. The second-order valence-electron chi connectivity index (χ2n) is 4.51. The molecule has 0 spiro atoms. The van der Waals surface area contributed by atoms with Crippen LogP contribution in [0.2, 0.25) is 0 Å². The third-order valence-electron chi connectivity index (χ3n) is 3.13. The fourth-order valence-electron chi connectivity index (χ4n) is 2.11. The highest BCUT2D eigenvalue weighted by Gasteiger charge is 2.14. The Bertz CT molecular complexity index is 334. The number of carbonyl (C=O) groups excluding carboxylic acids is 1.